The number of H-pyrrole nitrogens is 1. The van der Waals surface area contributed by atoms with Crippen molar-refractivity contribution in [3.8, 4) is 11.5 Å². The summed E-state index contributed by atoms with van der Waals surface area (Å²) in [6.45, 7) is 6.32. The molecule has 2 amide bonds. The number of nitrogens with one attached hydrogen (secondary N) is 3. The number of phenolic OH excluding ortho intramolecular Hbond substituents is 1. The van der Waals surface area contributed by atoms with Gasteiger partial charge < -0.3 is 36.1 Å². The Kier molecular flexibility index (Phi) is 11.2. The fourth-order valence-electron chi connectivity index (χ4n) is 7.16. The number of primary amides is 1. The number of piperazine rings is 1. The molecule has 0 bridgehead atoms. The number of aromatic amines is 1. The summed E-state index contributed by atoms with van der Waals surface area (Å²) in [5.74, 6) is -0.360. The molecule has 294 valence electrons. The molecule has 0 radical (unpaired) electrons. The standard InChI is InChI=1S/C42H43N7O7S/c1-26-21-32(24-34-38(26)45-25-35(41(43)52)39(34)46-29-6-4-7-30(23-29)56-2)57(54,55)31-8-3-5-28(22-31)42(53)49-19-17-48(18-20-49)16-15-44-14-13-27-9-11-36(50)40-33(27)10-12-37(51)47-40/h3-12,21-25,44,50H,13-20H2,1-2H3,(H2,43,52)(H,45,46)(H,47,51). The maximum absolute atomic E-state index is 14.2. The van der Waals surface area contributed by atoms with Gasteiger partial charge in [-0.05, 0) is 85.6 Å². The molecular weight excluding hydrogens is 747 g/mol. The molecule has 0 saturated carbocycles. The first kappa shape index (κ1) is 39.0. The van der Waals surface area contributed by atoms with Gasteiger partial charge in [-0.3, -0.25) is 24.3 Å². The number of benzene rings is 4. The van der Waals surface area contributed by atoms with Crippen LogP contribution in [0.4, 0.5) is 11.4 Å². The minimum Gasteiger partial charge on any atom is -0.506 e. The van der Waals surface area contributed by atoms with E-state index in [0.717, 1.165) is 30.5 Å². The second-order valence-corrected chi connectivity index (χ2v) is 15.9. The van der Waals surface area contributed by atoms with Crippen LogP contribution in [0.5, 0.6) is 11.5 Å². The van der Waals surface area contributed by atoms with Gasteiger partial charge >= 0.3 is 0 Å². The number of rotatable bonds is 13. The number of pyridine rings is 2. The molecule has 0 atom stereocenters. The lowest BCUT2D eigenvalue weighted by Crippen LogP contribution is -2.50. The average molecular weight is 790 g/mol. The summed E-state index contributed by atoms with van der Waals surface area (Å²) in [6, 6.07) is 22.8. The van der Waals surface area contributed by atoms with E-state index in [-0.39, 0.29) is 38.1 Å². The number of methoxy groups -OCH3 is 1. The molecular formula is C42H43N7O7S. The highest BCUT2D eigenvalue weighted by atomic mass is 32.2. The van der Waals surface area contributed by atoms with Crippen molar-refractivity contribution < 1.29 is 27.9 Å². The van der Waals surface area contributed by atoms with Crippen molar-refractivity contribution in [2.75, 3.05) is 58.2 Å². The highest BCUT2D eigenvalue weighted by molar-refractivity contribution is 7.91. The zero-order valence-corrected chi connectivity index (χ0v) is 32.4. The Labute approximate surface area is 329 Å². The van der Waals surface area contributed by atoms with E-state index in [1.54, 1.807) is 67.5 Å². The van der Waals surface area contributed by atoms with Crippen LogP contribution >= 0.6 is 0 Å². The topological polar surface area (TPSA) is 200 Å². The van der Waals surface area contributed by atoms with E-state index in [1.807, 2.05) is 6.07 Å². The van der Waals surface area contributed by atoms with E-state index >= 15 is 0 Å². The maximum atomic E-state index is 14.2. The molecule has 1 aliphatic heterocycles. The number of fused-ring (bicyclic) bond motifs is 2. The minimum atomic E-state index is -4.13. The van der Waals surface area contributed by atoms with Crippen molar-refractivity contribution >= 4 is 54.8 Å². The number of carbonyl (C=O) groups excluding carboxylic acids is 2. The molecule has 7 rings (SSSR count). The monoisotopic (exact) mass is 789 g/mol. The van der Waals surface area contributed by atoms with Gasteiger partial charge in [0.2, 0.25) is 15.4 Å². The summed E-state index contributed by atoms with van der Waals surface area (Å²) in [7, 11) is -2.59. The molecule has 4 aromatic carbocycles. The minimum absolute atomic E-state index is 0.0239. The number of nitrogens with two attached hydrogens (primary N) is 1. The highest BCUT2D eigenvalue weighted by Gasteiger charge is 2.26. The van der Waals surface area contributed by atoms with Gasteiger partial charge in [0.25, 0.3) is 11.8 Å². The molecule has 14 nitrogen and oxygen atoms in total. The van der Waals surface area contributed by atoms with Crippen LogP contribution in [-0.2, 0) is 16.3 Å². The van der Waals surface area contributed by atoms with Crippen molar-refractivity contribution in [1.29, 1.82) is 0 Å². The smallest absolute Gasteiger partial charge is 0.253 e. The lowest BCUT2D eigenvalue weighted by Gasteiger charge is -2.34. The molecule has 6 aromatic rings. The summed E-state index contributed by atoms with van der Waals surface area (Å²) in [6.07, 6.45) is 2.09. The predicted octanol–water partition coefficient (Wildman–Crippen LogP) is 4.36. The van der Waals surface area contributed by atoms with Crippen molar-refractivity contribution in [2.24, 2.45) is 5.73 Å². The first-order valence-corrected chi connectivity index (χ1v) is 20.0. The van der Waals surface area contributed by atoms with Crippen LogP contribution in [0.3, 0.4) is 0 Å². The van der Waals surface area contributed by atoms with E-state index in [2.05, 4.69) is 25.5 Å². The molecule has 0 spiro atoms. The van der Waals surface area contributed by atoms with Crippen molar-refractivity contribution in [3.63, 3.8) is 0 Å². The lowest BCUT2D eigenvalue weighted by atomic mass is 10.0. The number of aromatic hydroxyl groups is 1. The number of nitrogens with zero attached hydrogens (tertiary/aromatic N) is 3. The summed E-state index contributed by atoms with van der Waals surface area (Å²) in [5, 5.41) is 18.0. The molecule has 1 aliphatic rings. The van der Waals surface area contributed by atoms with Gasteiger partial charge in [0, 0.05) is 79.6 Å². The van der Waals surface area contributed by atoms with Gasteiger partial charge in [-0.15, -0.1) is 0 Å². The molecule has 57 heavy (non-hydrogen) atoms. The van der Waals surface area contributed by atoms with Crippen LogP contribution in [0.25, 0.3) is 21.8 Å². The number of carbonyl (C=O) groups is 2. The number of aromatic nitrogens is 2. The van der Waals surface area contributed by atoms with E-state index < -0.39 is 15.7 Å². The van der Waals surface area contributed by atoms with Crippen LogP contribution in [0.1, 0.15) is 31.8 Å². The van der Waals surface area contributed by atoms with Gasteiger partial charge in [-0.25, -0.2) is 8.42 Å². The Hall–Kier alpha value is -6.29. The normalized spacial score (nSPS) is 13.5. The third-order valence-corrected chi connectivity index (χ3v) is 12.0. The van der Waals surface area contributed by atoms with Crippen LogP contribution in [-0.4, -0.2) is 98.0 Å². The number of hydrogen-bond donors (Lipinski definition) is 5. The van der Waals surface area contributed by atoms with Crippen molar-refractivity contribution in [2.45, 2.75) is 23.1 Å². The molecule has 15 heteroatoms. The second-order valence-electron chi connectivity index (χ2n) is 13.9. The Bertz CT molecular complexity index is 2670. The van der Waals surface area contributed by atoms with Crippen LogP contribution in [0.15, 0.2) is 106 Å². The number of ether oxygens (including phenoxy) is 1. The summed E-state index contributed by atoms with van der Waals surface area (Å²) < 4.78 is 33.7. The molecule has 0 aliphatic carbocycles. The average Bonchev–Trinajstić information content (AvgIpc) is 3.21. The SMILES string of the molecule is COc1cccc(Nc2c(C(N)=O)cnc3c(C)cc(S(=O)(=O)c4cccc(C(=O)N5CCN(CCNCCc6ccc(O)c7[nH]c(=O)ccc67)CC5)c4)cc23)c1. The fraction of sp³-hybridized carbons (Fsp3) is 0.238. The van der Waals surface area contributed by atoms with Gasteiger partial charge in [0.1, 0.15) is 11.5 Å². The quantitative estimate of drug-likeness (QED) is 0.104. The molecule has 1 saturated heterocycles. The number of amides is 2. The Morgan fingerprint density at radius 2 is 1.72 bits per heavy atom. The third kappa shape index (κ3) is 8.31. The zero-order chi connectivity index (χ0) is 40.3. The number of hydrogen-bond acceptors (Lipinski definition) is 11. The van der Waals surface area contributed by atoms with Crippen LogP contribution in [0, 0.1) is 6.92 Å². The zero-order valence-electron chi connectivity index (χ0n) is 31.5. The number of anilines is 2. The van der Waals surface area contributed by atoms with Gasteiger partial charge in [0.05, 0.1) is 39.2 Å². The Morgan fingerprint density at radius 3 is 2.49 bits per heavy atom. The second kappa shape index (κ2) is 16.4. The van der Waals surface area contributed by atoms with Gasteiger partial charge in [-0.2, -0.15) is 0 Å². The van der Waals surface area contributed by atoms with Crippen LogP contribution in [0.2, 0.25) is 0 Å². The predicted molar refractivity (Wildman–Crippen MR) is 218 cm³/mol. The highest BCUT2D eigenvalue weighted by Crippen LogP contribution is 2.35. The summed E-state index contributed by atoms with van der Waals surface area (Å²) in [5.41, 5.74) is 9.25. The first-order chi connectivity index (χ1) is 27.4. The van der Waals surface area contributed by atoms with Gasteiger partial charge in [0.15, 0.2) is 0 Å². The Morgan fingerprint density at radius 1 is 0.930 bits per heavy atom. The lowest BCUT2D eigenvalue weighted by molar-refractivity contribution is 0.0638. The van der Waals surface area contributed by atoms with E-state index in [9.17, 15) is 27.9 Å². The number of sulfone groups is 1. The third-order valence-electron chi connectivity index (χ3n) is 10.2. The van der Waals surface area contributed by atoms with Gasteiger partial charge in [-0.1, -0.05) is 18.2 Å². The van der Waals surface area contributed by atoms with E-state index in [4.69, 9.17) is 10.5 Å². The largest absolute Gasteiger partial charge is 0.506 e. The molecule has 6 N–H and O–H groups in total. The first-order valence-electron chi connectivity index (χ1n) is 18.5. The number of phenols is 1. The summed E-state index contributed by atoms with van der Waals surface area (Å²) in [4.78, 5) is 49.0. The van der Waals surface area contributed by atoms with E-state index in [0.29, 0.717) is 71.8 Å². The number of aryl methyl sites for hydroxylation is 1. The fourth-order valence-corrected chi connectivity index (χ4v) is 8.58. The maximum Gasteiger partial charge on any atom is 0.253 e. The van der Waals surface area contributed by atoms with E-state index in [1.165, 1.54) is 36.5 Å². The molecule has 3 heterocycles. The van der Waals surface area contributed by atoms with Crippen molar-refractivity contribution in [1.82, 2.24) is 25.1 Å². The molecule has 1 fully saturated rings. The molecule has 2 aromatic heterocycles. The van der Waals surface area contributed by atoms with Crippen molar-refractivity contribution in [3.05, 3.63) is 124 Å². The Balaban J connectivity index is 1.00. The molecule has 0 unspecified atom stereocenters. The van der Waals surface area contributed by atoms with Crippen LogP contribution < -0.4 is 26.7 Å². The summed E-state index contributed by atoms with van der Waals surface area (Å²) >= 11 is 0.